The first-order valence-corrected chi connectivity index (χ1v) is 8.10. The third kappa shape index (κ3) is 3.21. The average Bonchev–Trinajstić information content (AvgIpc) is 3.02. The Bertz CT molecular complexity index is 745. The highest BCUT2D eigenvalue weighted by Gasteiger charge is 2.25. The minimum absolute atomic E-state index is 0.0339. The second kappa shape index (κ2) is 6.93. The Balaban J connectivity index is 1.83. The second-order valence-electron chi connectivity index (χ2n) is 5.98. The van der Waals surface area contributed by atoms with Gasteiger partial charge < -0.3 is 15.2 Å². The number of benzene rings is 2. The smallest absolute Gasteiger partial charge is 0.414 e. The van der Waals surface area contributed by atoms with Crippen LogP contribution in [0.3, 0.4) is 0 Å². The van der Waals surface area contributed by atoms with Gasteiger partial charge in [-0.2, -0.15) is 0 Å². The van der Waals surface area contributed by atoms with Gasteiger partial charge in [0.1, 0.15) is 6.61 Å². The van der Waals surface area contributed by atoms with Gasteiger partial charge in [0, 0.05) is 11.7 Å². The van der Waals surface area contributed by atoms with Crippen molar-refractivity contribution in [1.82, 2.24) is 0 Å². The maximum Gasteiger partial charge on any atom is 0.414 e. The first kappa shape index (κ1) is 16.3. The van der Waals surface area contributed by atoms with Gasteiger partial charge in [-0.25, -0.2) is 4.79 Å². The SMILES string of the molecule is Cc1c(NC(C)c2cccc(CO)c2)cccc1N1CCOC1=O. The third-order valence-electron chi connectivity index (χ3n) is 4.36. The van der Waals surface area contributed by atoms with E-state index in [1.54, 1.807) is 4.90 Å². The first-order valence-electron chi connectivity index (χ1n) is 8.10. The predicted octanol–water partition coefficient (Wildman–Crippen LogP) is 3.62. The molecule has 0 saturated carbocycles. The molecule has 2 aromatic carbocycles. The highest BCUT2D eigenvalue weighted by Crippen LogP contribution is 2.31. The van der Waals surface area contributed by atoms with Gasteiger partial charge >= 0.3 is 6.09 Å². The molecule has 24 heavy (non-hydrogen) atoms. The molecule has 2 N–H and O–H groups in total. The lowest BCUT2D eigenvalue weighted by atomic mass is 10.0. The van der Waals surface area contributed by atoms with Crippen LogP contribution in [0, 0.1) is 6.92 Å². The summed E-state index contributed by atoms with van der Waals surface area (Å²) >= 11 is 0. The van der Waals surface area contributed by atoms with Gasteiger partial charge in [-0.1, -0.05) is 30.3 Å². The molecule has 0 radical (unpaired) electrons. The van der Waals surface area contributed by atoms with Crippen molar-refractivity contribution >= 4 is 17.5 Å². The molecular formula is C19H22N2O3. The molecule has 1 aliphatic heterocycles. The summed E-state index contributed by atoms with van der Waals surface area (Å²) in [5.74, 6) is 0. The van der Waals surface area contributed by atoms with Gasteiger partial charge in [-0.15, -0.1) is 0 Å². The van der Waals surface area contributed by atoms with Crippen LogP contribution in [0.1, 0.15) is 29.7 Å². The molecule has 0 aromatic heterocycles. The number of carbonyl (C=O) groups is 1. The first-order chi connectivity index (χ1) is 11.6. The van der Waals surface area contributed by atoms with Crippen LogP contribution in [0.25, 0.3) is 0 Å². The van der Waals surface area contributed by atoms with Crippen molar-refractivity contribution in [2.45, 2.75) is 26.5 Å². The summed E-state index contributed by atoms with van der Waals surface area (Å²) in [6, 6.07) is 13.8. The van der Waals surface area contributed by atoms with Crippen molar-refractivity contribution in [2.24, 2.45) is 0 Å². The number of anilines is 2. The van der Waals surface area contributed by atoms with Gasteiger partial charge in [-0.3, -0.25) is 4.90 Å². The van der Waals surface area contributed by atoms with Crippen LogP contribution < -0.4 is 10.2 Å². The number of hydrogen-bond donors (Lipinski definition) is 2. The average molecular weight is 326 g/mol. The predicted molar refractivity (Wildman–Crippen MR) is 94.3 cm³/mol. The van der Waals surface area contributed by atoms with Gasteiger partial charge in [0.05, 0.1) is 18.8 Å². The lowest BCUT2D eigenvalue weighted by Crippen LogP contribution is -2.24. The molecule has 126 valence electrons. The van der Waals surface area contributed by atoms with Crippen molar-refractivity contribution in [3.63, 3.8) is 0 Å². The van der Waals surface area contributed by atoms with Crippen LogP contribution in [0.5, 0.6) is 0 Å². The minimum atomic E-state index is -0.293. The highest BCUT2D eigenvalue weighted by atomic mass is 16.6. The Morgan fingerprint density at radius 3 is 2.79 bits per heavy atom. The van der Waals surface area contributed by atoms with E-state index in [1.807, 2.05) is 49.4 Å². The van der Waals surface area contributed by atoms with E-state index in [9.17, 15) is 9.90 Å². The fraction of sp³-hybridized carbons (Fsp3) is 0.316. The topological polar surface area (TPSA) is 61.8 Å². The zero-order chi connectivity index (χ0) is 17.1. The molecule has 1 atom stereocenters. The molecule has 5 heteroatoms. The van der Waals surface area contributed by atoms with Crippen molar-refractivity contribution in [2.75, 3.05) is 23.4 Å². The van der Waals surface area contributed by atoms with Crippen LogP contribution in [0.4, 0.5) is 16.2 Å². The van der Waals surface area contributed by atoms with Gasteiger partial charge in [0.2, 0.25) is 0 Å². The largest absolute Gasteiger partial charge is 0.447 e. The van der Waals surface area contributed by atoms with Gasteiger partial charge in [-0.05, 0) is 42.7 Å². The summed E-state index contributed by atoms with van der Waals surface area (Å²) < 4.78 is 5.03. The number of aliphatic hydroxyl groups is 1. The molecular weight excluding hydrogens is 304 g/mol. The zero-order valence-electron chi connectivity index (χ0n) is 14.0. The fourth-order valence-electron chi connectivity index (χ4n) is 2.96. The van der Waals surface area contributed by atoms with E-state index in [0.29, 0.717) is 13.2 Å². The Hall–Kier alpha value is -2.53. The molecule has 3 rings (SSSR count). The Morgan fingerprint density at radius 2 is 2.08 bits per heavy atom. The summed E-state index contributed by atoms with van der Waals surface area (Å²) in [7, 11) is 0. The fourth-order valence-corrected chi connectivity index (χ4v) is 2.96. The number of amides is 1. The van der Waals surface area contributed by atoms with E-state index >= 15 is 0 Å². The number of nitrogens with one attached hydrogen (secondary N) is 1. The van der Waals surface area contributed by atoms with E-state index < -0.39 is 0 Å². The molecule has 1 fully saturated rings. The number of cyclic esters (lactones) is 1. The zero-order valence-corrected chi connectivity index (χ0v) is 14.0. The molecule has 1 heterocycles. The molecule has 0 aliphatic carbocycles. The third-order valence-corrected chi connectivity index (χ3v) is 4.36. The van der Waals surface area contributed by atoms with E-state index in [2.05, 4.69) is 12.2 Å². The van der Waals surface area contributed by atoms with Gasteiger partial charge in [0.25, 0.3) is 0 Å². The van der Waals surface area contributed by atoms with Crippen molar-refractivity contribution in [1.29, 1.82) is 0 Å². The normalized spacial score (nSPS) is 15.3. The lowest BCUT2D eigenvalue weighted by molar-refractivity contribution is 0.181. The molecule has 0 spiro atoms. The quantitative estimate of drug-likeness (QED) is 0.881. The number of rotatable bonds is 5. The summed E-state index contributed by atoms with van der Waals surface area (Å²) in [6.45, 7) is 5.12. The van der Waals surface area contributed by atoms with E-state index in [0.717, 1.165) is 28.1 Å². The maximum atomic E-state index is 11.8. The number of ether oxygens (including phenoxy) is 1. The Labute approximate surface area is 141 Å². The number of hydrogen-bond acceptors (Lipinski definition) is 4. The second-order valence-corrected chi connectivity index (χ2v) is 5.98. The summed E-state index contributed by atoms with van der Waals surface area (Å²) in [4.78, 5) is 13.5. The van der Waals surface area contributed by atoms with Crippen LogP contribution in [-0.2, 0) is 11.3 Å². The molecule has 1 saturated heterocycles. The molecule has 1 amide bonds. The molecule has 0 bridgehead atoms. The minimum Gasteiger partial charge on any atom is -0.447 e. The Morgan fingerprint density at radius 1 is 1.29 bits per heavy atom. The van der Waals surface area contributed by atoms with E-state index in [1.165, 1.54) is 0 Å². The number of carbonyl (C=O) groups excluding carboxylic acids is 1. The highest BCUT2D eigenvalue weighted by molar-refractivity contribution is 5.91. The van der Waals surface area contributed by atoms with Crippen LogP contribution in [0.2, 0.25) is 0 Å². The standard InChI is InChI=1S/C19H22N2O3/c1-13-17(7-4-8-18(13)21-9-10-24-19(21)23)20-14(2)16-6-3-5-15(11-16)12-22/h3-8,11,14,20,22H,9-10,12H2,1-2H3. The van der Waals surface area contributed by atoms with Crippen LogP contribution >= 0.6 is 0 Å². The molecule has 1 unspecified atom stereocenters. The monoisotopic (exact) mass is 326 g/mol. The molecule has 1 aliphatic rings. The Kier molecular flexibility index (Phi) is 4.71. The van der Waals surface area contributed by atoms with E-state index in [-0.39, 0.29) is 18.7 Å². The van der Waals surface area contributed by atoms with E-state index in [4.69, 9.17) is 4.74 Å². The number of nitrogens with zero attached hydrogens (tertiary/aromatic N) is 1. The van der Waals surface area contributed by atoms with Crippen LogP contribution in [-0.4, -0.2) is 24.4 Å². The van der Waals surface area contributed by atoms with Crippen molar-refractivity contribution in [3.8, 4) is 0 Å². The summed E-state index contributed by atoms with van der Waals surface area (Å²) in [6.07, 6.45) is -0.293. The van der Waals surface area contributed by atoms with Crippen molar-refractivity contribution in [3.05, 3.63) is 59.2 Å². The molecule has 5 nitrogen and oxygen atoms in total. The van der Waals surface area contributed by atoms with Crippen LogP contribution in [0.15, 0.2) is 42.5 Å². The summed E-state index contributed by atoms with van der Waals surface area (Å²) in [5, 5.41) is 12.8. The molecule has 2 aromatic rings. The summed E-state index contributed by atoms with van der Waals surface area (Å²) in [5.41, 5.74) is 4.87. The van der Waals surface area contributed by atoms with Gasteiger partial charge in [0.15, 0.2) is 0 Å². The lowest BCUT2D eigenvalue weighted by Gasteiger charge is -2.22. The van der Waals surface area contributed by atoms with Crippen molar-refractivity contribution < 1.29 is 14.6 Å². The maximum absolute atomic E-state index is 11.8. The number of aliphatic hydroxyl groups excluding tert-OH is 1.